The van der Waals surface area contributed by atoms with Crippen LogP contribution in [0.2, 0.25) is 0 Å². The molecular formula is C22H22N4OS. The predicted octanol–water partition coefficient (Wildman–Crippen LogP) is 4.39. The zero-order chi connectivity index (χ0) is 19.9. The molecule has 0 saturated heterocycles. The first-order valence-electron chi connectivity index (χ1n) is 9.10. The smallest absolute Gasteiger partial charge is 0.231 e. The number of nitrogens with one attached hydrogen (secondary N) is 1. The minimum absolute atomic E-state index is 0.0137. The van der Waals surface area contributed by atoms with Crippen molar-refractivity contribution >= 4 is 17.7 Å². The van der Waals surface area contributed by atoms with Crippen LogP contribution in [-0.2, 0) is 4.79 Å². The van der Waals surface area contributed by atoms with E-state index in [-0.39, 0.29) is 18.2 Å². The van der Waals surface area contributed by atoms with Gasteiger partial charge in [-0.3, -0.25) is 9.36 Å². The maximum atomic E-state index is 11.9. The SMILES string of the molecule is CC(C)c1ccc(-n2c(-c3ccccc3)cnc2SCC(=O)NCC#N)cc1. The standard InChI is InChI=1S/C22H22N4OS/c1-16(2)17-8-10-19(11-9-17)26-20(18-6-4-3-5-7-18)14-25-22(26)28-15-21(27)24-13-12-23/h3-11,14,16H,13,15H2,1-2H3,(H,24,27). The molecule has 0 spiro atoms. The normalized spacial score (nSPS) is 10.6. The van der Waals surface area contributed by atoms with Crippen LogP contribution < -0.4 is 5.32 Å². The molecule has 0 unspecified atom stereocenters. The number of carbonyl (C=O) groups excluding carboxylic acids is 1. The molecule has 3 aromatic rings. The van der Waals surface area contributed by atoms with E-state index in [2.05, 4.69) is 53.0 Å². The van der Waals surface area contributed by atoms with Gasteiger partial charge in [0.2, 0.25) is 5.91 Å². The number of nitriles is 1. The monoisotopic (exact) mass is 390 g/mol. The minimum Gasteiger partial charge on any atom is -0.342 e. The number of benzene rings is 2. The molecule has 1 amide bonds. The number of amides is 1. The van der Waals surface area contributed by atoms with Crippen LogP contribution in [0.25, 0.3) is 16.9 Å². The first kappa shape index (κ1) is 19.7. The van der Waals surface area contributed by atoms with Crippen molar-refractivity contribution in [2.24, 2.45) is 0 Å². The Bertz CT molecular complexity index is 972. The quantitative estimate of drug-likeness (QED) is 0.480. The summed E-state index contributed by atoms with van der Waals surface area (Å²) < 4.78 is 2.07. The fourth-order valence-corrected chi connectivity index (χ4v) is 3.65. The molecule has 0 saturated carbocycles. The Kier molecular flexibility index (Phi) is 6.51. The summed E-state index contributed by atoms with van der Waals surface area (Å²) in [6.07, 6.45) is 1.83. The number of thioether (sulfide) groups is 1. The van der Waals surface area contributed by atoms with Crippen molar-refractivity contribution in [1.29, 1.82) is 5.26 Å². The molecule has 1 aromatic heterocycles. The van der Waals surface area contributed by atoms with Crippen molar-refractivity contribution in [2.75, 3.05) is 12.3 Å². The van der Waals surface area contributed by atoms with E-state index in [9.17, 15) is 4.79 Å². The van der Waals surface area contributed by atoms with E-state index in [1.807, 2.05) is 42.6 Å². The largest absolute Gasteiger partial charge is 0.342 e. The Balaban J connectivity index is 1.95. The summed E-state index contributed by atoms with van der Waals surface area (Å²) in [5, 5.41) is 11.9. The maximum Gasteiger partial charge on any atom is 0.231 e. The molecular weight excluding hydrogens is 368 g/mol. The summed E-state index contributed by atoms with van der Waals surface area (Å²) >= 11 is 1.36. The number of hydrogen-bond donors (Lipinski definition) is 1. The van der Waals surface area contributed by atoms with E-state index in [0.29, 0.717) is 5.92 Å². The van der Waals surface area contributed by atoms with Crippen LogP contribution in [0, 0.1) is 11.3 Å². The highest BCUT2D eigenvalue weighted by molar-refractivity contribution is 7.99. The highest BCUT2D eigenvalue weighted by Gasteiger charge is 2.15. The second kappa shape index (κ2) is 9.25. The Morgan fingerprint density at radius 2 is 1.89 bits per heavy atom. The molecule has 0 aliphatic carbocycles. The average molecular weight is 391 g/mol. The minimum atomic E-state index is -0.183. The Labute approximate surface area is 169 Å². The maximum absolute atomic E-state index is 11.9. The van der Waals surface area contributed by atoms with Gasteiger partial charge in [0.25, 0.3) is 0 Å². The molecule has 28 heavy (non-hydrogen) atoms. The van der Waals surface area contributed by atoms with Gasteiger partial charge in [0.15, 0.2) is 5.16 Å². The lowest BCUT2D eigenvalue weighted by Gasteiger charge is -2.13. The third-order valence-corrected chi connectivity index (χ3v) is 5.27. The molecule has 3 rings (SSSR count). The number of rotatable bonds is 7. The van der Waals surface area contributed by atoms with Crippen molar-refractivity contribution < 1.29 is 4.79 Å². The molecule has 0 aliphatic rings. The van der Waals surface area contributed by atoms with Crippen LogP contribution in [0.15, 0.2) is 66.0 Å². The molecule has 142 valence electrons. The summed E-state index contributed by atoms with van der Waals surface area (Å²) in [4.78, 5) is 16.5. The second-order valence-corrected chi connectivity index (χ2v) is 7.54. The molecule has 1 heterocycles. The number of nitrogens with zero attached hydrogens (tertiary/aromatic N) is 3. The summed E-state index contributed by atoms with van der Waals surface area (Å²) in [5.41, 5.74) is 4.30. The molecule has 2 aromatic carbocycles. The predicted molar refractivity (Wildman–Crippen MR) is 112 cm³/mol. The summed E-state index contributed by atoms with van der Waals surface area (Å²) in [7, 11) is 0. The molecule has 0 radical (unpaired) electrons. The van der Waals surface area contributed by atoms with Crippen molar-refractivity contribution in [3.05, 3.63) is 66.4 Å². The summed E-state index contributed by atoms with van der Waals surface area (Å²) in [5.74, 6) is 0.484. The van der Waals surface area contributed by atoms with Gasteiger partial charge in [-0.15, -0.1) is 0 Å². The van der Waals surface area contributed by atoms with E-state index in [0.717, 1.165) is 22.1 Å². The van der Waals surface area contributed by atoms with Crippen molar-refractivity contribution in [1.82, 2.24) is 14.9 Å². The third-order valence-electron chi connectivity index (χ3n) is 4.31. The fourth-order valence-electron chi connectivity index (χ4n) is 2.83. The van der Waals surface area contributed by atoms with E-state index in [4.69, 9.17) is 5.26 Å². The van der Waals surface area contributed by atoms with E-state index in [1.54, 1.807) is 0 Å². The van der Waals surface area contributed by atoms with Gasteiger partial charge in [0, 0.05) is 11.3 Å². The average Bonchev–Trinajstić information content (AvgIpc) is 3.15. The van der Waals surface area contributed by atoms with Crippen molar-refractivity contribution in [3.8, 4) is 23.0 Å². The van der Waals surface area contributed by atoms with Gasteiger partial charge in [-0.2, -0.15) is 5.26 Å². The third kappa shape index (κ3) is 4.62. The molecule has 0 atom stereocenters. The summed E-state index contributed by atoms with van der Waals surface area (Å²) in [6.45, 7) is 4.35. The summed E-state index contributed by atoms with van der Waals surface area (Å²) in [6, 6.07) is 20.4. The fraction of sp³-hybridized carbons (Fsp3) is 0.227. The van der Waals surface area contributed by atoms with Crippen LogP contribution in [0.5, 0.6) is 0 Å². The van der Waals surface area contributed by atoms with Crippen molar-refractivity contribution in [2.45, 2.75) is 24.9 Å². The van der Waals surface area contributed by atoms with E-state index < -0.39 is 0 Å². The Morgan fingerprint density at radius 3 is 2.54 bits per heavy atom. The second-order valence-electron chi connectivity index (χ2n) is 6.60. The van der Waals surface area contributed by atoms with Crippen LogP contribution in [-0.4, -0.2) is 27.8 Å². The van der Waals surface area contributed by atoms with Gasteiger partial charge in [0.1, 0.15) is 6.54 Å². The van der Waals surface area contributed by atoms with Gasteiger partial charge >= 0.3 is 0 Å². The van der Waals surface area contributed by atoms with Crippen LogP contribution >= 0.6 is 11.8 Å². The molecule has 0 aliphatic heterocycles. The highest BCUT2D eigenvalue weighted by Crippen LogP contribution is 2.30. The Hall–Kier alpha value is -3.04. The lowest BCUT2D eigenvalue weighted by molar-refractivity contribution is -0.118. The topological polar surface area (TPSA) is 70.7 Å². The number of imidazole rings is 1. The van der Waals surface area contributed by atoms with Gasteiger partial charge in [-0.1, -0.05) is 68.1 Å². The van der Waals surface area contributed by atoms with Gasteiger partial charge < -0.3 is 5.32 Å². The van der Waals surface area contributed by atoms with E-state index >= 15 is 0 Å². The number of carbonyl (C=O) groups is 1. The first-order valence-corrected chi connectivity index (χ1v) is 10.1. The Morgan fingerprint density at radius 1 is 1.18 bits per heavy atom. The zero-order valence-electron chi connectivity index (χ0n) is 15.9. The van der Waals surface area contributed by atoms with Crippen molar-refractivity contribution in [3.63, 3.8) is 0 Å². The lowest BCUT2D eigenvalue weighted by atomic mass is 10.0. The van der Waals surface area contributed by atoms with Gasteiger partial charge in [0.05, 0.1) is 23.7 Å². The van der Waals surface area contributed by atoms with E-state index in [1.165, 1.54) is 17.3 Å². The lowest BCUT2D eigenvalue weighted by Crippen LogP contribution is -2.25. The first-order chi connectivity index (χ1) is 13.6. The molecule has 0 bridgehead atoms. The number of aromatic nitrogens is 2. The molecule has 6 heteroatoms. The molecule has 1 N–H and O–H groups in total. The number of hydrogen-bond acceptors (Lipinski definition) is 4. The molecule has 5 nitrogen and oxygen atoms in total. The molecule has 0 fully saturated rings. The highest BCUT2D eigenvalue weighted by atomic mass is 32.2. The van der Waals surface area contributed by atoms with Crippen LogP contribution in [0.1, 0.15) is 25.3 Å². The zero-order valence-corrected chi connectivity index (χ0v) is 16.7. The van der Waals surface area contributed by atoms with Crippen LogP contribution in [0.3, 0.4) is 0 Å². The van der Waals surface area contributed by atoms with Crippen LogP contribution in [0.4, 0.5) is 0 Å². The van der Waals surface area contributed by atoms with Gasteiger partial charge in [-0.05, 0) is 23.6 Å². The van der Waals surface area contributed by atoms with Gasteiger partial charge in [-0.25, -0.2) is 4.98 Å².